The van der Waals surface area contributed by atoms with E-state index in [4.69, 9.17) is 14.2 Å². The van der Waals surface area contributed by atoms with E-state index in [0.29, 0.717) is 29.0 Å². The molecule has 3 aromatic carbocycles. The molecule has 1 amide bonds. The van der Waals surface area contributed by atoms with Crippen molar-refractivity contribution in [3.63, 3.8) is 0 Å². The van der Waals surface area contributed by atoms with Crippen LogP contribution in [0.25, 0.3) is 16.7 Å². The summed E-state index contributed by atoms with van der Waals surface area (Å²) in [5, 5.41) is 9.68. The van der Waals surface area contributed by atoms with Crippen molar-refractivity contribution in [3.05, 3.63) is 101 Å². The lowest BCUT2D eigenvalue weighted by Gasteiger charge is -2.33. The minimum atomic E-state index is -4.60. The van der Waals surface area contributed by atoms with E-state index in [1.54, 1.807) is 25.1 Å². The predicted octanol–water partition coefficient (Wildman–Crippen LogP) is 8.30. The zero-order valence-electron chi connectivity index (χ0n) is 25.4. The number of amides is 1. The van der Waals surface area contributed by atoms with Crippen LogP contribution in [0.1, 0.15) is 55.0 Å². The average molecular weight is 622 g/mol. The average Bonchev–Trinajstić information content (AvgIpc) is 3.01. The Bertz CT molecular complexity index is 1690. The molecule has 45 heavy (non-hydrogen) atoms. The number of nitrogens with zero attached hydrogens (tertiary/aromatic N) is 1. The highest BCUT2D eigenvalue weighted by Crippen LogP contribution is 2.42. The van der Waals surface area contributed by atoms with Crippen molar-refractivity contribution in [3.8, 4) is 22.6 Å². The molecule has 2 aliphatic rings. The molecule has 1 heterocycles. The van der Waals surface area contributed by atoms with Crippen molar-refractivity contribution in [2.75, 3.05) is 20.8 Å². The van der Waals surface area contributed by atoms with Crippen LogP contribution in [-0.4, -0.2) is 42.8 Å². The number of halogens is 3. The Kier molecular flexibility index (Phi) is 8.69. The number of carboxylic acids is 1. The van der Waals surface area contributed by atoms with Gasteiger partial charge < -0.3 is 24.2 Å². The number of hydrogen-bond acceptors (Lipinski definition) is 5. The van der Waals surface area contributed by atoms with Gasteiger partial charge >= 0.3 is 18.2 Å². The van der Waals surface area contributed by atoms with Gasteiger partial charge in [-0.15, -0.1) is 0 Å². The fourth-order valence-electron chi connectivity index (χ4n) is 5.95. The highest BCUT2D eigenvalue weighted by molar-refractivity contribution is 5.88. The first-order chi connectivity index (χ1) is 21.3. The lowest BCUT2D eigenvalue weighted by atomic mass is 9.77. The number of para-hydroxylation sites is 1. The number of benzene rings is 3. The van der Waals surface area contributed by atoms with E-state index in [-0.39, 0.29) is 25.1 Å². The monoisotopic (exact) mass is 621 g/mol. The summed E-state index contributed by atoms with van der Waals surface area (Å²) in [6.07, 6.45) is -1.49. The number of carbonyl (C=O) groups is 2. The molecule has 2 atom stereocenters. The molecule has 236 valence electrons. The summed E-state index contributed by atoms with van der Waals surface area (Å²) >= 11 is 0. The summed E-state index contributed by atoms with van der Waals surface area (Å²) in [6.45, 7) is 3.63. The number of rotatable bonds is 8. The lowest BCUT2D eigenvalue weighted by Crippen LogP contribution is -2.38. The number of cyclic esters (lactones) is 1. The largest absolute Gasteiger partial charge is 0.496 e. The van der Waals surface area contributed by atoms with Crippen molar-refractivity contribution in [2.45, 2.75) is 45.5 Å². The van der Waals surface area contributed by atoms with E-state index in [1.807, 2.05) is 43.3 Å². The molecule has 7 nitrogen and oxygen atoms in total. The first kappa shape index (κ1) is 31.7. The third-order valence-corrected chi connectivity index (χ3v) is 8.42. The fraction of sp³-hybridized carbons (Fsp3) is 0.314. The van der Waals surface area contributed by atoms with Crippen molar-refractivity contribution in [1.82, 2.24) is 4.90 Å². The van der Waals surface area contributed by atoms with Crippen LogP contribution in [0.2, 0.25) is 0 Å². The van der Waals surface area contributed by atoms with Crippen LogP contribution in [0.3, 0.4) is 0 Å². The zero-order valence-corrected chi connectivity index (χ0v) is 25.4. The molecule has 3 aromatic rings. The van der Waals surface area contributed by atoms with Gasteiger partial charge in [-0.1, -0.05) is 42.5 Å². The number of alkyl halides is 3. The first-order valence-corrected chi connectivity index (χ1v) is 14.5. The van der Waals surface area contributed by atoms with Gasteiger partial charge in [0.2, 0.25) is 0 Å². The Balaban J connectivity index is 1.50. The van der Waals surface area contributed by atoms with E-state index in [2.05, 4.69) is 0 Å². The number of carboxylic acid groups (broad SMARTS) is 1. The molecule has 10 heteroatoms. The van der Waals surface area contributed by atoms with E-state index >= 15 is 0 Å². The lowest BCUT2D eigenvalue weighted by molar-refractivity contribution is -0.145. The van der Waals surface area contributed by atoms with Gasteiger partial charge in [0.1, 0.15) is 17.6 Å². The molecule has 1 saturated heterocycles. The van der Waals surface area contributed by atoms with Crippen LogP contribution in [0, 0.1) is 5.41 Å². The summed E-state index contributed by atoms with van der Waals surface area (Å²) in [5.41, 5.74) is 2.49. The van der Waals surface area contributed by atoms with Gasteiger partial charge in [-0.25, -0.2) is 4.79 Å². The smallest absolute Gasteiger partial charge is 0.416 e. The minimum absolute atomic E-state index is 0.122. The van der Waals surface area contributed by atoms with E-state index in [1.165, 1.54) is 25.2 Å². The molecule has 1 aliphatic heterocycles. The van der Waals surface area contributed by atoms with E-state index in [0.717, 1.165) is 34.4 Å². The number of carbonyl (C=O) groups excluding carboxylic acids is 1. The summed E-state index contributed by atoms with van der Waals surface area (Å²) < 4.78 is 58.4. The highest BCUT2D eigenvalue weighted by atomic mass is 19.4. The summed E-state index contributed by atoms with van der Waals surface area (Å²) in [4.78, 5) is 26.4. The van der Waals surface area contributed by atoms with Crippen LogP contribution in [-0.2, 0) is 22.3 Å². The Hall–Kier alpha value is -4.73. The maximum absolute atomic E-state index is 13.9. The Morgan fingerprint density at radius 2 is 1.78 bits per heavy atom. The molecular formula is C35H34F3NO6. The van der Waals surface area contributed by atoms with Crippen molar-refractivity contribution in [1.29, 1.82) is 0 Å². The number of ether oxygens (including phenoxy) is 3. The van der Waals surface area contributed by atoms with Crippen LogP contribution >= 0.6 is 0 Å². The normalized spacial score (nSPS) is 20.2. The standard InChI is InChI=1S/C35H34F3NO6/c1-21-19-34(2,32(40)41)15-13-25(21)22-9-12-30(44-4)28(18-22)26-11-10-24(35(36,37)38)17-23(26)20-39-16-14-31(45-33(39)42)27-7-5-6-8-29(27)43-3/h5-13,17-19,31H,14-16,20H2,1-4H3,(H,40,41)/t31-,34?/m0/s1. The van der Waals surface area contributed by atoms with Crippen LogP contribution in [0.4, 0.5) is 18.0 Å². The Labute approximate surface area is 259 Å². The molecule has 0 saturated carbocycles. The maximum atomic E-state index is 13.9. The van der Waals surface area contributed by atoms with Gasteiger partial charge in [0.05, 0.1) is 25.2 Å². The number of allylic oxidation sites excluding steroid dienone is 3. The molecule has 1 fully saturated rings. The van der Waals surface area contributed by atoms with Gasteiger partial charge in [0.25, 0.3) is 0 Å². The number of aliphatic carboxylic acids is 1. The predicted molar refractivity (Wildman–Crippen MR) is 163 cm³/mol. The Morgan fingerprint density at radius 1 is 1.04 bits per heavy atom. The van der Waals surface area contributed by atoms with Crippen LogP contribution < -0.4 is 9.47 Å². The van der Waals surface area contributed by atoms with Crippen molar-refractivity contribution in [2.24, 2.45) is 5.41 Å². The van der Waals surface area contributed by atoms with Crippen molar-refractivity contribution < 1.29 is 42.1 Å². The Morgan fingerprint density at radius 3 is 2.42 bits per heavy atom. The molecule has 1 unspecified atom stereocenters. The molecular weight excluding hydrogens is 587 g/mol. The van der Waals surface area contributed by atoms with Gasteiger partial charge in [0, 0.05) is 30.6 Å². The van der Waals surface area contributed by atoms with Gasteiger partial charge in [-0.3, -0.25) is 4.79 Å². The zero-order chi connectivity index (χ0) is 32.5. The van der Waals surface area contributed by atoms with Crippen LogP contribution in [0.5, 0.6) is 11.5 Å². The topological polar surface area (TPSA) is 85.3 Å². The quantitative estimate of drug-likeness (QED) is 0.272. The summed E-state index contributed by atoms with van der Waals surface area (Å²) in [7, 11) is 3.01. The molecule has 0 aromatic heterocycles. The highest BCUT2D eigenvalue weighted by Gasteiger charge is 2.35. The number of hydrogen-bond donors (Lipinski definition) is 1. The van der Waals surface area contributed by atoms with E-state index < -0.39 is 35.3 Å². The second kappa shape index (κ2) is 12.3. The molecule has 5 rings (SSSR count). The van der Waals surface area contributed by atoms with Gasteiger partial charge in [0.15, 0.2) is 0 Å². The second-order valence-electron chi connectivity index (χ2n) is 11.5. The van der Waals surface area contributed by atoms with Crippen molar-refractivity contribution >= 4 is 17.6 Å². The summed E-state index contributed by atoms with van der Waals surface area (Å²) in [5.74, 6) is 0.0969. The third-order valence-electron chi connectivity index (χ3n) is 8.42. The third kappa shape index (κ3) is 6.41. The van der Waals surface area contributed by atoms with Gasteiger partial charge in [-0.2, -0.15) is 13.2 Å². The molecule has 1 N–H and O–H groups in total. The SMILES string of the molecule is COc1ccc(C2=CCC(C)(C(=O)O)C=C2C)cc1-c1ccc(C(F)(F)F)cc1CN1CC[C@@H](c2ccccc2OC)OC1=O. The molecule has 0 radical (unpaired) electrons. The van der Waals surface area contributed by atoms with Gasteiger partial charge in [-0.05, 0) is 78.4 Å². The summed E-state index contributed by atoms with van der Waals surface area (Å²) in [6, 6.07) is 16.1. The first-order valence-electron chi connectivity index (χ1n) is 14.5. The van der Waals surface area contributed by atoms with Crippen LogP contribution in [0.15, 0.2) is 78.4 Å². The molecule has 1 aliphatic carbocycles. The minimum Gasteiger partial charge on any atom is -0.496 e. The van der Waals surface area contributed by atoms with E-state index in [9.17, 15) is 27.9 Å². The number of methoxy groups -OCH3 is 2. The molecule has 0 bridgehead atoms. The second-order valence-corrected chi connectivity index (χ2v) is 11.5. The fourth-order valence-corrected chi connectivity index (χ4v) is 5.95. The maximum Gasteiger partial charge on any atom is 0.416 e. The molecule has 0 spiro atoms.